The van der Waals surface area contributed by atoms with E-state index in [4.69, 9.17) is 42.1 Å². The van der Waals surface area contributed by atoms with Crippen molar-refractivity contribution in [3.8, 4) is 17.2 Å². The van der Waals surface area contributed by atoms with Crippen LogP contribution in [0.3, 0.4) is 0 Å². The molecule has 3 rings (SSSR count). The molecule has 1 aliphatic heterocycles. The summed E-state index contributed by atoms with van der Waals surface area (Å²) in [5.74, 6) is 1.87. The predicted molar refractivity (Wildman–Crippen MR) is 129 cm³/mol. The Morgan fingerprint density at radius 2 is 1.82 bits per heavy atom. The first-order chi connectivity index (χ1) is 15.9. The number of halogens is 2. The molecule has 1 fully saturated rings. The Hall–Kier alpha value is -2.19. The molecule has 0 unspecified atom stereocenters. The number of nitrogens with zero attached hydrogens (tertiary/aromatic N) is 1. The molecule has 0 spiro atoms. The Morgan fingerprint density at radius 1 is 1.06 bits per heavy atom. The molecule has 0 bridgehead atoms. The number of carbonyl (C=O) groups excluding carboxylic acids is 1. The summed E-state index contributed by atoms with van der Waals surface area (Å²) >= 11 is 12.0. The first-order valence-electron chi connectivity index (χ1n) is 10.7. The minimum atomic E-state index is -0.410. The molecule has 0 saturated carbocycles. The number of piperidine rings is 1. The quantitative estimate of drug-likeness (QED) is 0.531. The van der Waals surface area contributed by atoms with E-state index < -0.39 is 5.60 Å². The van der Waals surface area contributed by atoms with Crippen LogP contribution in [0.25, 0.3) is 0 Å². The molecule has 33 heavy (non-hydrogen) atoms. The van der Waals surface area contributed by atoms with E-state index in [-0.39, 0.29) is 5.91 Å². The number of nitrogens with one attached hydrogen (secondary N) is 1. The number of hydrogen-bond acceptors (Lipinski definition) is 6. The van der Waals surface area contributed by atoms with E-state index in [0.717, 1.165) is 31.5 Å². The van der Waals surface area contributed by atoms with Crippen molar-refractivity contribution in [1.29, 1.82) is 0 Å². The van der Waals surface area contributed by atoms with Gasteiger partial charge in [0.15, 0.2) is 11.5 Å². The number of rotatable bonds is 10. The third kappa shape index (κ3) is 6.67. The maximum absolute atomic E-state index is 12.5. The summed E-state index contributed by atoms with van der Waals surface area (Å²) in [6.45, 7) is 2.55. The van der Waals surface area contributed by atoms with Crippen molar-refractivity contribution in [1.82, 2.24) is 10.2 Å². The van der Waals surface area contributed by atoms with Crippen molar-refractivity contribution < 1.29 is 23.7 Å². The summed E-state index contributed by atoms with van der Waals surface area (Å²) in [4.78, 5) is 14.7. The number of amides is 1. The molecule has 9 heteroatoms. The van der Waals surface area contributed by atoms with Crippen LogP contribution in [0.5, 0.6) is 17.2 Å². The van der Waals surface area contributed by atoms with Crippen LogP contribution in [0.4, 0.5) is 0 Å². The molecule has 0 radical (unpaired) electrons. The summed E-state index contributed by atoms with van der Waals surface area (Å²) in [5.41, 5.74) is 0.453. The van der Waals surface area contributed by atoms with Crippen LogP contribution < -0.4 is 19.5 Å². The highest BCUT2D eigenvalue weighted by molar-refractivity contribution is 6.42. The minimum Gasteiger partial charge on any atom is -0.493 e. The summed E-state index contributed by atoms with van der Waals surface area (Å²) in [7, 11) is 4.87. The lowest BCUT2D eigenvalue weighted by Crippen LogP contribution is -2.51. The fourth-order valence-electron chi connectivity index (χ4n) is 3.85. The maximum Gasteiger partial charge on any atom is 0.234 e. The normalized spacial score (nSPS) is 15.7. The lowest BCUT2D eigenvalue weighted by Gasteiger charge is -2.40. The number of likely N-dealkylation sites (tertiary alicyclic amines) is 1. The fourth-order valence-corrected chi connectivity index (χ4v) is 4.14. The third-order valence-electron chi connectivity index (χ3n) is 5.92. The average Bonchev–Trinajstić information content (AvgIpc) is 2.84. The van der Waals surface area contributed by atoms with E-state index in [1.165, 1.54) is 0 Å². The largest absolute Gasteiger partial charge is 0.493 e. The summed E-state index contributed by atoms with van der Waals surface area (Å²) in [6.07, 6.45) is 1.50. The van der Waals surface area contributed by atoms with Crippen molar-refractivity contribution in [3.63, 3.8) is 0 Å². The van der Waals surface area contributed by atoms with Crippen molar-refractivity contribution in [3.05, 3.63) is 52.0 Å². The van der Waals surface area contributed by atoms with Crippen molar-refractivity contribution in [2.75, 3.05) is 47.6 Å². The Labute approximate surface area is 204 Å². The first kappa shape index (κ1) is 25.4. The second-order valence-electron chi connectivity index (χ2n) is 7.96. The number of carbonyl (C=O) groups is 1. The molecule has 1 saturated heterocycles. The van der Waals surface area contributed by atoms with Gasteiger partial charge < -0.3 is 24.3 Å². The van der Waals surface area contributed by atoms with Crippen LogP contribution in [0.1, 0.15) is 18.4 Å². The maximum atomic E-state index is 12.5. The van der Waals surface area contributed by atoms with E-state index in [1.807, 2.05) is 18.2 Å². The van der Waals surface area contributed by atoms with Gasteiger partial charge in [-0.1, -0.05) is 35.3 Å². The fraction of sp³-hybridized carbons (Fsp3) is 0.458. The van der Waals surface area contributed by atoms with Gasteiger partial charge in [-0.05, 0) is 31.0 Å². The monoisotopic (exact) mass is 496 g/mol. The molecule has 1 N–H and O–H groups in total. The lowest BCUT2D eigenvalue weighted by atomic mass is 9.92. The molecule has 0 atom stereocenters. The minimum absolute atomic E-state index is 0.0446. The SMILES string of the molecule is COc1cccc(CNC(=O)CN2CCC(COc3ccc(Cl)c(Cl)c3)(OC)CC2)c1OC. The number of hydrogen-bond donors (Lipinski definition) is 1. The Balaban J connectivity index is 1.47. The number of para-hydroxylation sites is 1. The van der Waals surface area contributed by atoms with Crippen LogP contribution in [0.15, 0.2) is 36.4 Å². The van der Waals surface area contributed by atoms with Gasteiger partial charge in [0.2, 0.25) is 5.91 Å². The Kier molecular flexibility index (Phi) is 9.09. The van der Waals surface area contributed by atoms with E-state index in [1.54, 1.807) is 39.5 Å². The topological polar surface area (TPSA) is 69.3 Å². The molecular formula is C24H30Cl2N2O5. The second-order valence-corrected chi connectivity index (χ2v) is 8.77. The summed E-state index contributed by atoms with van der Waals surface area (Å²) in [5, 5.41) is 3.91. The molecular weight excluding hydrogens is 467 g/mol. The van der Waals surface area contributed by atoms with Gasteiger partial charge in [0.25, 0.3) is 0 Å². The molecule has 2 aromatic rings. The number of ether oxygens (including phenoxy) is 4. The van der Waals surface area contributed by atoms with Gasteiger partial charge in [0, 0.05) is 38.4 Å². The van der Waals surface area contributed by atoms with Crippen molar-refractivity contribution in [2.24, 2.45) is 0 Å². The zero-order valence-corrected chi connectivity index (χ0v) is 20.7. The lowest BCUT2D eigenvalue weighted by molar-refractivity contribution is -0.125. The zero-order valence-electron chi connectivity index (χ0n) is 19.2. The van der Waals surface area contributed by atoms with E-state index in [2.05, 4.69) is 10.2 Å². The van der Waals surface area contributed by atoms with Crippen LogP contribution in [-0.4, -0.2) is 64.0 Å². The average molecular weight is 497 g/mol. The molecule has 1 aliphatic rings. The predicted octanol–water partition coefficient (Wildman–Crippen LogP) is 4.19. The van der Waals surface area contributed by atoms with Gasteiger partial charge in [-0.3, -0.25) is 9.69 Å². The highest BCUT2D eigenvalue weighted by Gasteiger charge is 2.36. The summed E-state index contributed by atoms with van der Waals surface area (Å²) in [6, 6.07) is 10.8. The third-order valence-corrected chi connectivity index (χ3v) is 6.66. The Morgan fingerprint density at radius 3 is 2.45 bits per heavy atom. The molecule has 2 aromatic carbocycles. The van der Waals surface area contributed by atoms with E-state index >= 15 is 0 Å². The van der Waals surface area contributed by atoms with Gasteiger partial charge in [-0.25, -0.2) is 0 Å². The number of benzene rings is 2. The van der Waals surface area contributed by atoms with Crippen molar-refractivity contribution in [2.45, 2.75) is 25.0 Å². The molecule has 7 nitrogen and oxygen atoms in total. The zero-order chi connectivity index (χ0) is 23.8. The van der Waals surface area contributed by atoms with Gasteiger partial charge in [0.1, 0.15) is 18.0 Å². The molecule has 180 valence electrons. The van der Waals surface area contributed by atoms with Gasteiger partial charge in [0.05, 0.1) is 30.8 Å². The highest BCUT2D eigenvalue weighted by Crippen LogP contribution is 2.31. The standard InChI is InChI=1S/C24H30Cl2N2O5/c1-30-21-6-4-5-17(23(21)31-2)14-27-22(29)15-28-11-9-24(32-3,10-12-28)16-33-18-7-8-19(25)20(26)13-18/h4-8,13H,9-12,14-16H2,1-3H3,(H,27,29). The van der Waals surface area contributed by atoms with Crippen molar-refractivity contribution >= 4 is 29.1 Å². The summed E-state index contributed by atoms with van der Waals surface area (Å²) < 4.78 is 22.5. The van der Waals surface area contributed by atoms with E-state index in [9.17, 15) is 4.79 Å². The van der Waals surface area contributed by atoms with Crippen LogP contribution in [0, 0.1) is 0 Å². The first-order valence-corrected chi connectivity index (χ1v) is 11.5. The molecule has 1 amide bonds. The van der Waals surface area contributed by atoms with Gasteiger partial charge in [-0.15, -0.1) is 0 Å². The van der Waals surface area contributed by atoms with E-state index in [0.29, 0.717) is 47.0 Å². The van der Waals surface area contributed by atoms with Crippen LogP contribution >= 0.6 is 23.2 Å². The molecule has 1 heterocycles. The molecule has 0 aliphatic carbocycles. The smallest absolute Gasteiger partial charge is 0.234 e. The van der Waals surface area contributed by atoms with Gasteiger partial charge in [-0.2, -0.15) is 0 Å². The van der Waals surface area contributed by atoms with Crippen LogP contribution in [-0.2, 0) is 16.1 Å². The second kappa shape index (κ2) is 11.8. The highest BCUT2D eigenvalue weighted by atomic mass is 35.5. The van der Waals surface area contributed by atoms with Gasteiger partial charge >= 0.3 is 0 Å². The Bertz CT molecular complexity index is 948. The van der Waals surface area contributed by atoms with Crippen LogP contribution in [0.2, 0.25) is 10.0 Å². The number of methoxy groups -OCH3 is 3. The molecule has 0 aromatic heterocycles.